The van der Waals surface area contributed by atoms with Crippen molar-refractivity contribution in [2.24, 2.45) is 0 Å². The van der Waals surface area contributed by atoms with Gasteiger partial charge in [0.15, 0.2) is 0 Å². The summed E-state index contributed by atoms with van der Waals surface area (Å²) in [6.07, 6.45) is 4.23. The van der Waals surface area contributed by atoms with Gasteiger partial charge in [-0.3, -0.25) is 0 Å². The highest BCUT2D eigenvalue weighted by atomic mass is 14.8. The van der Waals surface area contributed by atoms with Crippen LogP contribution in [0.3, 0.4) is 0 Å². The Bertz CT molecular complexity index is 564. The Labute approximate surface area is 108 Å². The summed E-state index contributed by atoms with van der Waals surface area (Å²) in [5.74, 6) is 0. The highest BCUT2D eigenvalue weighted by molar-refractivity contribution is 5.70. The van der Waals surface area contributed by atoms with Crippen molar-refractivity contribution < 1.29 is 0 Å². The Balaban J connectivity index is 0.000000367. The van der Waals surface area contributed by atoms with Gasteiger partial charge in [0.25, 0.3) is 0 Å². The van der Waals surface area contributed by atoms with E-state index in [1.54, 1.807) is 0 Å². The molecule has 2 aromatic heterocycles. The number of hydrogen-bond donors (Lipinski definition) is 1. The quantitative estimate of drug-likeness (QED) is 0.687. The Morgan fingerprint density at radius 3 is 2.17 bits per heavy atom. The molecule has 0 radical (unpaired) electrons. The average Bonchev–Trinajstić information content (AvgIpc) is 2.84. The molecular formula is C16H18N2. The fraction of sp³-hybridized carbons (Fsp3) is 0.125. The molecule has 1 aromatic carbocycles. The van der Waals surface area contributed by atoms with Crippen LogP contribution >= 0.6 is 0 Å². The molecule has 92 valence electrons. The van der Waals surface area contributed by atoms with Crippen LogP contribution in [0, 0.1) is 0 Å². The molecule has 2 heterocycles. The fourth-order valence-corrected chi connectivity index (χ4v) is 1.84. The maximum atomic E-state index is 2.75. The van der Waals surface area contributed by atoms with E-state index in [0.717, 1.165) is 0 Å². The first kappa shape index (κ1) is 12.4. The van der Waals surface area contributed by atoms with Gasteiger partial charge in [0.05, 0.1) is 0 Å². The van der Waals surface area contributed by atoms with Crippen molar-refractivity contribution in [2.75, 3.05) is 14.1 Å². The smallest absolute Gasteiger partial charge is 0.0456 e. The van der Waals surface area contributed by atoms with Gasteiger partial charge < -0.3 is 9.72 Å². The molecule has 0 unspecified atom stereocenters. The lowest BCUT2D eigenvalue weighted by Crippen LogP contribution is -1.89. The van der Waals surface area contributed by atoms with E-state index < -0.39 is 0 Å². The van der Waals surface area contributed by atoms with Gasteiger partial charge in [-0.05, 0) is 37.9 Å². The molecule has 0 aliphatic heterocycles. The molecule has 3 aromatic rings. The van der Waals surface area contributed by atoms with Crippen molar-refractivity contribution in [1.29, 1.82) is 0 Å². The molecule has 1 N–H and O–H groups in total. The molecule has 0 spiro atoms. The number of nitrogens with one attached hydrogen (secondary N) is 1. The van der Waals surface area contributed by atoms with Crippen molar-refractivity contribution in [1.82, 2.24) is 9.72 Å². The van der Waals surface area contributed by atoms with Crippen LogP contribution in [-0.4, -0.2) is 18.5 Å². The number of pyridine rings is 1. The zero-order valence-electron chi connectivity index (χ0n) is 10.8. The Kier molecular flexibility index (Phi) is 4.15. The molecule has 18 heavy (non-hydrogen) atoms. The number of aromatic nitrogens is 1. The number of fused-ring (bicyclic) bond motifs is 1. The topological polar surface area (TPSA) is 16.4 Å². The Morgan fingerprint density at radius 1 is 0.833 bits per heavy atom. The van der Waals surface area contributed by atoms with Crippen molar-refractivity contribution in [2.45, 2.75) is 0 Å². The van der Waals surface area contributed by atoms with Crippen molar-refractivity contribution in [3.05, 3.63) is 67.0 Å². The zero-order valence-corrected chi connectivity index (χ0v) is 10.8. The minimum atomic E-state index is 1.23. The van der Waals surface area contributed by atoms with E-state index in [-0.39, 0.29) is 0 Å². The van der Waals surface area contributed by atoms with Crippen LogP contribution in [0.15, 0.2) is 67.0 Å². The first-order valence-electron chi connectivity index (χ1n) is 6.06. The van der Waals surface area contributed by atoms with Crippen LogP contribution in [0.1, 0.15) is 0 Å². The standard InChI is InChI=1S/C14H11N.C2H7N/c1-2-6-12(7-3-1)13-10-14-8-4-5-9-15(14)11-13;1-3-2/h1-11H;3H,1-2H3. The SMILES string of the molecule is CNC.c1ccc(-c2cc3ccccn3c2)cc1. The largest absolute Gasteiger partial charge is 0.323 e. The third-order valence-corrected chi connectivity index (χ3v) is 2.61. The van der Waals surface area contributed by atoms with Crippen LogP contribution in [0.4, 0.5) is 0 Å². The lowest BCUT2D eigenvalue weighted by molar-refractivity contribution is 1.02. The summed E-state index contributed by atoms with van der Waals surface area (Å²) in [5.41, 5.74) is 3.76. The highest BCUT2D eigenvalue weighted by Crippen LogP contribution is 2.21. The first-order chi connectivity index (χ1) is 8.85. The summed E-state index contributed by atoms with van der Waals surface area (Å²) in [7, 11) is 3.75. The van der Waals surface area contributed by atoms with E-state index in [1.165, 1.54) is 16.6 Å². The normalized spacial score (nSPS) is 9.89. The number of rotatable bonds is 1. The van der Waals surface area contributed by atoms with Gasteiger partial charge in [0.2, 0.25) is 0 Å². The second-order valence-electron chi connectivity index (χ2n) is 4.13. The summed E-state index contributed by atoms with van der Waals surface area (Å²) in [6.45, 7) is 0. The van der Waals surface area contributed by atoms with Crippen LogP contribution in [0.25, 0.3) is 16.6 Å². The summed E-state index contributed by atoms with van der Waals surface area (Å²) >= 11 is 0. The van der Waals surface area contributed by atoms with Crippen LogP contribution in [0.2, 0.25) is 0 Å². The van der Waals surface area contributed by atoms with Gasteiger partial charge in [0.1, 0.15) is 0 Å². The van der Waals surface area contributed by atoms with Crippen LogP contribution in [-0.2, 0) is 0 Å². The maximum absolute atomic E-state index is 2.75. The van der Waals surface area contributed by atoms with Crippen molar-refractivity contribution in [3.63, 3.8) is 0 Å². The third kappa shape index (κ3) is 2.79. The van der Waals surface area contributed by atoms with E-state index in [0.29, 0.717) is 0 Å². The molecular weight excluding hydrogens is 220 g/mol. The minimum absolute atomic E-state index is 1.23. The Hall–Kier alpha value is -2.06. The van der Waals surface area contributed by atoms with Crippen LogP contribution in [0.5, 0.6) is 0 Å². The highest BCUT2D eigenvalue weighted by Gasteiger charge is 1.99. The molecule has 0 aliphatic rings. The van der Waals surface area contributed by atoms with Gasteiger partial charge in [-0.15, -0.1) is 0 Å². The molecule has 3 rings (SSSR count). The Morgan fingerprint density at radius 2 is 1.50 bits per heavy atom. The molecule has 0 atom stereocenters. The molecule has 0 saturated heterocycles. The number of nitrogens with zero attached hydrogens (tertiary/aromatic N) is 1. The van der Waals surface area contributed by atoms with Gasteiger partial charge in [-0.1, -0.05) is 36.4 Å². The molecule has 0 bridgehead atoms. The van der Waals surface area contributed by atoms with E-state index in [2.05, 4.69) is 64.6 Å². The predicted octanol–water partition coefficient (Wildman–Crippen LogP) is 3.44. The number of benzene rings is 1. The summed E-state index contributed by atoms with van der Waals surface area (Å²) in [4.78, 5) is 0. The molecule has 0 saturated carbocycles. The molecule has 2 heteroatoms. The number of hydrogen-bond acceptors (Lipinski definition) is 1. The molecule has 2 nitrogen and oxygen atoms in total. The average molecular weight is 238 g/mol. The minimum Gasteiger partial charge on any atom is -0.323 e. The van der Waals surface area contributed by atoms with Gasteiger partial charge in [-0.2, -0.15) is 0 Å². The second kappa shape index (κ2) is 6.03. The second-order valence-corrected chi connectivity index (χ2v) is 4.13. The van der Waals surface area contributed by atoms with Gasteiger partial charge in [-0.25, -0.2) is 0 Å². The van der Waals surface area contributed by atoms with Gasteiger partial charge >= 0.3 is 0 Å². The maximum Gasteiger partial charge on any atom is 0.0456 e. The monoisotopic (exact) mass is 238 g/mol. The predicted molar refractivity (Wildman–Crippen MR) is 77.8 cm³/mol. The summed E-state index contributed by atoms with van der Waals surface area (Å²) in [5, 5.41) is 2.75. The van der Waals surface area contributed by atoms with E-state index >= 15 is 0 Å². The van der Waals surface area contributed by atoms with Crippen LogP contribution < -0.4 is 5.32 Å². The molecule has 0 fully saturated rings. The van der Waals surface area contributed by atoms with E-state index in [9.17, 15) is 0 Å². The lowest BCUT2D eigenvalue weighted by Gasteiger charge is -1.94. The fourth-order valence-electron chi connectivity index (χ4n) is 1.84. The van der Waals surface area contributed by atoms with Crippen molar-refractivity contribution in [3.8, 4) is 11.1 Å². The zero-order chi connectivity index (χ0) is 12.8. The summed E-state index contributed by atoms with van der Waals surface area (Å²) in [6, 6.07) is 18.9. The van der Waals surface area contributed by atoms with Crippen molar-refractivity contribution >= 4 is 5.52 Å². The van der Waals surface area contributed by atoms with E-state index in [1.807, 2.05) is 26.2 Å². The third-order valence-electron chi connectivity index (χ3n) is 2.61. The molecule has 0 amide bonds. The van der Waals surface area contributed by atoms with E-state index in [4.69, 9.17) is 0 Å². The molecule has 0 aliphatic carbocycles. The first-order valence-corrected chi connectivity index (χ1v) is 6.06. The van der Waals surface area contributed by atoms with Gasteiger partial charge in [0, 0.05) is 23.5 Å². The lowest BCUT2D eigenvalue weighted by atomic mass is 10.1. The summed E-state index contributed by atoms with van der Waals surface area (Å²) < 4.78 is 2.14.